The summed E-state index contributed by atoms with van der Waals surface area (Å²) in [4.78, 5) is 10.8. The van der Waals surface area contributed by atoms with E-state index in [4.69, 9.17) is 14.7 Å². The number of nitrogens with zero attached hydrogens (tertiary/aromatic N) is 1. The summed E-state index contributed by atoms with van der Waals surface area (Å²) in [5.41, 5.74) is 0.755. The third-order valence-electron chi connectivity index (χ3n) is 3.15. The van der Waals surface area contributed by atoms with E-state index in [9.17, 15) is 14.3 Å². The molecule has 2 aromatic rings. The van der Waals surface area contributed by atoms with Crippen LogP contribution >= 0.6 is 0 Å². The van der Waals surface area contributed by atoms with Crippen LogP contribution < -0.4 is 14.6 Å². The fourth-order valence-corrected chi connectivity index (χ4v) is 1.94. The highest BCUT2D eigenvalue weighted by Crippen LogP contribution is 2.29. The molecule has 0 saturated heterocycles. The maximum atomic E-state index is 12.9. The first-order valence-electron chi connectivity index (χ1n) is 6.92. The molecule has 2 rings (SSSR count). The van der Waals surface area contributed by atoms with Gasteiger partial charge in [0.1, 0.15) is 18.5 Å². The van der Waals surface area contributed by atoms with Gasteiger partial charge < -0.3 is 19.4 Å². The van der Waals surface area contributed by atoms with Crippen molar-refractivity contribution in [3.63, 3.8) is 0 Å². The van der Waals surface area contributed by atoms with E-state index in [1.807, 2.05) is 0 Å². The quantitative estimate of drug-likeness (QED) is 0.599. The molecule has 0 N–H and O–H groups in total. The molecule has 0 atom stereocenters. The molecular formula is C18H13FNO4-. The van der Waals surface area contributed by atoms with E-state index in [1.165, 1.54) is 25.3 Å². The minimum absolute atomic E-state index is 0.217. The van der Waals surface area contributed by atoms with Crippen LogP contribution in [0, 0.1) is 17.1 Å². The third-order valence-corrected chi connectivity index (χ3v) is 3.15. The Morgan fingerprint density at radius 3 is 2.54 bits per heavy atom. The first-order valence-corrected chi connectivity index (χ1v) is 6.92. The molecular weight excluding hydrogens is 313 g/mol. The molecule has 0 saturated carbocycles. The molecule has 0 unspecified atom stereocenters. The molecule has 6 heteroatoms. The number of aliphatic carboxylic acids is 1. The topological polar surface area (TPSA) is 82.4 Å². The van der Waals surface area contributed by atoms with Crippen molar-refractivity contribution in [3.8, 4) is 17.6 Å². The average molecular weight is 326 g/mol. The molecule has 0 fully saturated rings. The summed E-state index contributed by atoms with van der Waals surface area (Å²) in [6, 6.07) is 12.2. The van der Waals surface area contributed by atoms with Gasteiger partial charge in [-0.2, -0.15) is 5.26 Å². The second kappa shape index (κ2) is 7.79. The molecule has 24 heavy (non-hydrogen) atoms. The van der Waals surface area contributed by atoms with Crippen LogP contribution in [0.4, 0.5) is 4.39 Å². The van der Waals surface area contributed by atoms with Crippen LogP contribution in [-0.4, -0.2) is 13.1 Å². The molecule has 0 radical (unpaired) electrons. The minimum atomic E-state index is -1.55. The predicted octanol–water partition coefficient (Wildman–Crippen LogP) is 2.07. The highest BCUT2D eigenvalue weighted by Gasteiger charge is 2.07. The molecule has 0 heterocycles. The monoisotopic (exact) mass is 326 g/mol. The number of hydrogen-bond acceptors (Lipinski definition) is 5. The Hall–Kier alpha value is -3.33. The Kier molecular flexibility index (Phi) is 5.53. The predicted molar refractivity (Wildman–Crippen MR) is 82.3 cm³/mol. The number of halogens is 1. The number of carboxylic acids is 1. The largest absolute Gasteiger partial charge is 0.544 e. The Morgan fingerprint density at radius 2 is 1.96 bits per heavy atom. The maximum Gasteiger partial charge on any atom is 0.161 e. The second-order valence-electron chi connectivity index (χ2n) is 4.78. The van der Waals surface area contributed by atoms with Crippen molar-refractivity contribution in [2.45, 2.75) is 6.61 Å². The van der Waals surface area contributed by atoms with Gasteiger partial charge in [-0.3, -0.25) is 0 Å². The molecule has 0 aromatic heterocycles. The molecule has 0 aliphatic rings. The SMILES string of the molecule is COc1cc(/C=C(\C#N)C(=O)[O-])ccc1OCc1ccc(F)cc1. The number of ether oxygens (including phenoxy) is 2. The van der Waals surface area contributed by atoms with E-state index in [-0.39, 0.29) is 12.4 Å². The molecule has 122 valence electrons. The van der Waals surface area contributed by atoms with Crippen LogP contribution in [0.5, 0.6) is 11.5 Å². The van der Waals surface area contributed by atoms with Gasteiger partial charge in [0, 0.05) is 0 Å². The lowest BCUT2D eigenvalue weighted by Gasteiger charge is -2.11. The molecule has 0 amide bonds. The number of benzene rings is 2. The van der Waals surface area contributed by atoms with Gasteiger partial charge in [-0.1, -0.05) is 18.2 Å². The summed E-state index contributed by atoms with van der Waals surface area (Å²) in [5.74, 6) is -1.06. The Balaban J connectivity index is 2.18. The highest BCUT2D eigenvalue weighted by atomic mass is 19.1. The normalized spacial score (nSPS) is 10.8. The second-order valence-corrected chi connectivity index (χ2v) is 4.78. The van der Waals surface area contributed by atoms with Crippen molar-refractivity contribution in [2.24, 2.45) is 0 Å². The van der Waals surface area contributed by atoms with Crippen molar-refractivity contribution < 1.29 is 23.8 Å². The number of hydrogen-bond donors (Lipinski definition) is 0. The van der Waals surface area contributed by atoms with Gasteiger partial charge >= 0.3 is 0 Å². The maximum absolute atomic E-state index is 12.9. The average Bonchev–Trinajstić information content (AvgIpc) is 2.59. The molecule has 0 spiro atoms. The van der Waals surface area contributed by atoms with E-state index in [0.717, 1.165) is 5.56 Å². The summed E-state index contributed by atoms with van der Waals surface area (Å²) in [5, 5.41) is 19.5. The van der Waals surface area contributed by atoms with E-state index in [0.29, 0.717) is 17.1 Å². The number of carboxylic acid groups (broad SMARTS) is 1. The summed E-state index contributed by atoms with van der Waals surface area (Å²) < 4.78 is 23.7. The van der Waals surface area contributed by atoms with Crippen LogP contribution in [-0.2, 0) is 11.4 Å². The van der Waals surface area contributed by atoms with Crippen LogP contribution in [0.2, 0.25) is 0 Å². The van der Waals surface area contributed by atoms with Gasteiger partial charge in [-0.15, -0.1) is 0 Å². The van der Waals surface area contributed by atoms with E-state index in [2.05, 4.69) is 0 Å². The lowest BCUT2D eigenvalue weighted by atomic mass is 10.1. The van der Waals surface area contributed by atoms with Gasteiger partial charge in [0.15, 0.2) is 11.5 Å². The molecule has 0 bridgehead atoms. The van der Waals surface area contributed by atoms with Crippen molar-refractivity contribution in [1.82, 2.24) is 0 Å². The fraction of sp³-hybridized carbons (Fsp3) is 0.111. The van der Waals surface area contributed by atoms with Gasteiger partial charge in [-0.05, 0) is 41.5 Å². The lowest BCUT2D eigenvalue weighted by Crippen LogP contribution is -2.23. The van der Waals surface area contributed by atoms with Crippen molar-refractivity contribution in [2.75, 3.05) is 7.11 Å². The Bertz CT molecular complexity index is 807. The third kappa shape index (κ3) is 4.34. The van der Waals surface area contributed by atoms with Crippen LogP contribution in [0.3, 0.4) is 0 Å². The standard InChI is InChI=1S/C18H14FNO4/c1-23-17-9-13(8-14(10-20)18(21)22)4-7-16(17)24-11-12-2-5-15(19)6-3-12/h2-9H,11H2,1H3,(H,21,22)/p-1/b14-8+. The zero-order valence-corrected chi connectivity index (χ0v) is 12.8. The number of carbonyl (C=O) groups is 1. The van der Waals surface area contributed by atoms with Gasteiger partial charge in [0.25, 0.3) is 0 Å². The molecule has 2 aromatic carbocycles. The van der Waals surface area contributed by atoms with Crippen LogP contribution in [0.25, 0.3) is 6.08 Å². The Morgan fingerprint density at radius 1 is 1.25 bits per heavy atom. The van der Waals surface area contributed by atoms with Crippen molar-refractivity contribution in [1.29, 1.82) is 5.26 Å². The van der Waals surface area contributed by atoms with Gasteiger partial charge in [-0.25, -0.2) is 4.39 Å². The van der Waals surface area contributed by atoms with E-state index in [1.54, 1.807) is 36.4 Å². The van der Waals surface area contributed by atoms with Crippen molar-refractivity contribution in [3.05, 3.63) is 65.0 Å². The number of nitriles is 1. The minimum Gasteiger partial charge on any atom is -0.544 e. The van der Waals surface area contributed by atoms with Crippen LogP contribution in [0.1, 0.15) is 11.1 Å². The van der Waals surface area contributed by atoms with Crippen molar-refractivity contribution >= 4 is 12.0 Å². The number of methoxy groups -OCH3 is 1. The first kappa shape index (κ1) is 17.0. The Labute approximate surface area is 138 Å². The fourth-order valence-electron chi connectivity index (χ4n) is 1.94. The highest BCUT2D eigenvalue weighted by molar-refractivity contribution is 5.95. The zero-order chi connectivity index (χ0) is 17.5. The number of rotatable bonds is 6. The first-order chi connectivity index (χ1) is 11.5. The lowest BCUT2D eigenvalue weighted by molar-refractivity contribution is -0.298. The van der Waals surface area contributed by atoms with Crippen LogP contribution in [0.15, 0.2) is 48.0 Å². The molecule has 5 nitrogen and oxygen atoms in total. The van der Waals surface area contributed by atoms with Gasteiger partial charge in [0.05, 0.1) is 18.7 Å². The van der Waals surface area contributed by atoms with E-state index < -0.39 is 11.5 Å². The summed E-state index contributed by atoms with van der Waals surface area (Å²) in [6.45, 7) is 0.217. The summed E-state index contributed by atoms with van der Waals surface area (Å²) in [7, 11) is 1.44. The van der Waals surface area contributed by atoms with Gasteiger partial charge in [0.2, 0.25) is 0 Å². The molecule has 0 aliphatic carbocycles. The zero-order valence-electron chi connectivity index (χ0n) is 12.8. The number of carbonyl (C=O) groups excluding carboxylic acids is 1. The summed E-state index contributed by atoms with van der Waals surface area (Å²) >= 11 is 0. The van der Waals surface area contributed by atoms with E-state index >= 15 is 0 Å². The smallest absolute Gasteiger partial charge is 0.161 e. The molecule has 0 aliphatic heterocycles. The summed E-state index contributed by atoms with van der Waals surface area (Å²) in [6.07, 6.45) is 1.18.